The molecule has 1 aromatic carbocycles. The van der Waals surface area contributed by atoms with E-state index in [9.17, 15) is 19.8 Å². The Morgan fingerprint density at radius 1 is 0.833 bits per heavy atom. The van der Waals surface area contributed by atoms with Crippen LogP contribution in [0, 0.1) is 0 Å². The van der Waals surface area contributed by atoms with Crippen molar-refractivity contribution in [1.29, 1.82) is 0 Å². The first-order valence-corrected chi connectivity index (χ1v) is 10.2. The molecule has 0 spiro atoms. The SMILES string of the molecule is CCN1CC[N+](C)=C1C.CCN1CC[N+](C)=C1C.O=C([O-])c1ccccc1C(=O)[O-]. The lowest BCUT2D eigenvalue weighted by molar-refractivity contribution is -0.487. The van der Waals surface area contributed by atoms with Crippen molar-refractivity contribution in [3.63, 3.8) is 0 Å². The van der Waals surface area contributed by atoms with Gasteiger partial charge in [-0.2, -0.15) is 0 Å². The number of carbonyl (C=O) groups excluding carboxylic acids is 2. The molecule has 3 rings (SSSR count). The highest BCUT2D eigenvalue weighted by atomic mass is 16.4. The molecule has 0 amide bonds. The molecule has 0 aromatic heterocycles. The lowest BCUT2D eigenvalue weighted by Crippen LogP contribution is -2.29. The second-order valence-corrected chi connectivity index (χ2v) is 7.22. The third-order valence-electron chi connectivity index (χ3n) is 5.56. The van der Waals surface area contributed by atoms with Gasteiger partial charge in [-0.05, 0) is 13.8 Å². The second kappa shape index (κ2) is 11.9. The van der Waals surface area contributed by atoms with Crippen LogP contribution in [0.1, 0.15) is 48.4 Å². The van der Waals surface area contributed by atoms with E-state index in [1.54, 1.807) is 0 Å². The standard InChI is InChI=1S/C8H6O4.2C7H15N2/c9-7(10)5-3-1-2-4-6(5)8(11)12;2*1-4-9-6-5-8(3)7(9)2/h1-4H,(H,9,10)(H,11,12);2*4-6H2,1-3H3/q;2*+1/p-2. The summed E-state index contributed by atoms with van der Waals surface area (Å²) in [5.74, 6) is -0.209. The van der Waals surface area contributed by atoms with E-state index in [-0.39, 0.29) is 11.1 Å². The van der Waals surface area contributed by atoms with Crippen LogP contribution in [-0.2, 0) is 0 Å². The van der Waals surface area contributed by atoms with Gasteiger partial charge in [-0.25, -0.2) is 0 Å². The van der Waals surface area contributed by atoms with Crippen molar-refractivity contribution >= 4 is 23.6 Å². The van der Waals surface area contributed by atoms with Crippen molar-refractivity contribution in [2.24, 2.45) is 0 Å². The fourth-order valence-electron chi connectivity index (χ4n) is 3.28. The van der Waals surface area contributed by atoms with Crippen LogP contribution >= 0.6 is 0 Å². The minimum Gasteiger partial charge on any atom is -0.545 e. The van der Waals surface area contributed by atoms with E-state index in [4.69, 9.17) is 0 Å². The maximum absolute atomic E-state index is 10.3. The molecule has 0 N–H and O–H groups in total. The number of aromatic carboxylic acids is 2. The van der Waals surface area contributed by atoms with Gasteiger partial charge >= 0.3 is 0 Å². The Hall–Kier alpha value is -2.90. The Labute approximate surface area is 179 Å². The van der Waals surface area contributed by atoms with Crippen molar-refractivity contribution in [1.82, 2.24) is 9.80 Å². The number of rotatable bonds is 4. The zero-order chi connectivity index (χ0) is 22.8. The monoisotopic (exact) mass is 418 g/mol. The Morgan fingerprint density at radius 3 is 1.33 bits per heavy atom. The van der Waals surface area contributed by atoms with Gasteiger partial charge in [0.15, 0.2) is 0 Å². The number of amidine groups is 2. The van der Waals surface area contributed by atoms with Crippen LogP contribution in [0.2, 0.25) is 0 Å². The summed E-state index contributed by atoms with van der Waals surface area (Å²) in [6, 6.07) is 5.14. The summed E-state index contributed by atoms with van der Waals surface area (Å²) >= 11 is 0. The molecule has 0 saturated heterocycles. The average molecular weight is 419 g/mol. The molecule has 166 valence electrons. The number of hydrogen-bond donors (Lipinski definition) is 0. The van der Waals surface area contributed by atoms with E-state index < -0.39 is 11.9 Å². The Kier molecular flexibility index (Phi) is 10.0. The van der Waals surface area contributed by atoms with E-state index >= 15 is 0 Å². The molecule has 8 heteroatoms. The van der Waals surface area contributed by atoms with Gasteiger partial charge in [0, 0.05) is 25.0 Å². The normalized spacial score (nSPS) is 15.5. The predicted octanol–water partition coefficient (Wildman–Crippen LogP) is -0.821. The van der Waals surface area contributed by atoms with Crippen molar-refractivity contribution in [3.8, 4) is 0 Å². The minimum absolute atomic E-state index is 0.363. The fourth-order valence-corrected chi connectivity index (χ4v) is 3.28. The fraction of sp³-hybridized carbons (Fsp3) is 0.545. The van der Waals surface area contributed by atoms with Gasteiger partial charge in [-0.1, -0.05) is 24.3 Å². The molecular formula is C22H34N4O4. The molecule has 8 nitrogen and oxygen atoms in total. The van der Waals surface area contributed by atoms with Crippen LogP contribution in [0.4, 0.5) is 0 Å². The van der Waals surface area contributed by atoms with Gasteiger partial charge in [-0.3, -0.25) is 19.0 Å². The van der Waals surface area contributed by atoms with E-state index in [0.717, 1.165) is 25.2 Å². The third kappa shape index (κ3) is 6.86. The number of likely N-dealkylation sites (N-methyl/N-ethyl adjacent to an activating group) is 4. The highest BCUT2D eigenvalue weighted by molar-refractivity contribution is 5.99. The van der Waals surface area contributed by atoms with Crippen LogP contribution in [0.5, 0.6) is 0 Å². The molecule has 1 aromatic rings. The second-order valence-electron chi connectivity index (χ2n) is 7.22. The van der Waals surface area contributed by atoms with Crippen molar-refractivity contribution in [2.75, 3.05) is 53.4 Å². The molecule has 0 aliphatic carbocycles. The van der Waals surface area contributed by atoms with Gasteiger partial charge in [-0.15, -0.1) is 0 Å². The van der Waals surface area contributed by atoms with E-state index in [2.05, 4.69) is 60.7 Å². The van der Waals surface area contributed by atoms with Crippen molar-refractivity contribution < 1.29 is 29.0 Å². The van der Waals surface area contributed by atoms with Gasteiger partial charge < -0.3 is 19.8 Å². The highest BCUT2D eigenvalue weighted by Crippen LogP contribution is 2.05. The molecule has 2 aliphatic rings. The summed E-state index contributed by atoms with van der Waals surface area (Å²) < 4.78 is 4.59. The zero-order valence-electron chi connectivity index (χ0n) is 19.0. The van der Waals surface area contributed by atoms with E-state index in [1.165, 1.54) is 50.0 Å². The largest absolute Gasteiger partial charge is 0.545 e. The quantitative estimate of drug-likeness (QED) is 0.593. The van der Waals surface area contributed by atoms with Crippen LogP contribution < -0.4 is 10.2 Å². The summed E-state index contributed by atoms with van der Waals surface area (Å²) in [6.45, 7) is 15.8. The summed E-state index contributed by atoms with van der Waals surface area (Å²) in [5, 5.41) is 20.6. The van der Waals surface area contributed by atoms with Gasteiger partial charge in [0.1, 0.15) is 26.2 Å². The topological polar surface area (TPSA) is 92.8 Å². The number of nitrogens with zero attached hydrogens (tertiary/aromatic N) is 4. The highest BCUT2D eigenvalue weighted by Gasteiger charge is 2.22. The summed E-state index contributed by atoms with van der Waals surface area (Å²) in [6.07, 6.45) is 0. The maximum Gasteiger partial charge on any atom is 0.243 e. The van der Waals surface area contributed by atoms with E-state index in [0.29, 0.717) is 0 Å². The molecule has 0 atom stereocenters. The molecule has 30 heavy (non-hydrogen) atoms. The summed E-state index contributed by atoms with van der Waals surface area (Å²) in [4.78, 5) is 25.4. The summed E-state index contributed by atoms with van der Waals surface area (Å²) in [7, 11) is 4.29. The van der Waals surface area contributed by atoms with E-state index in [1.807, 2.05) is 0 Å². The maximum atomic E-state index is 10.3. The smallest absolute Gasteiger partial charge is 0.243 e. The molecule has 0 saturated carbocycles. The van der Waals surface area contributed by atoms with Crippen LogP contribution in [-0.4, -0.2) is 95.9 Å². The first-order chi connectivity index (χ1) is 14.1. The Morgan fingerprint density at radius 2 is 1.17 bits per heavy atom. The average Bonchev–Trinajstić information content (AvgIpc) is 3.23. The molecule has 0 radical (unpaired) electrons. The third-order valence-corrected chi connectivity index (χ3v) is 5.56. The molecule has 0 unspecified atom stereocenters. The molecule has 2 aliphatic heterocycles. The van der Waals surface area contributed by atoms with Gasteiger partial charge in [0.25, 0.3) is 0 Å². The lowest BCUT2D eigenvalue weighted by atomic mass is 10.1. The number of carbonyl (C=O) groups is 2. The lowest BCUT2D eigenvalue weighted by Gasteiger charge is -2.09. The van der Waals surface area contributed by atoms with Gasteiger partial charge in [0.2, 0.25) is 11.7 Å². The molecule has 0 fully saturated rings. The Bertz CT molecular complexity index is 750. The predicted molar refractivity (Wildman–Crippen MR) is 113 cm³/mol. The summed E-state index contributed by atoms with van der Waals surface area (Å²) in [5.41, 5.74) is -0.727. The Balaban J connectivity index is 0.000000229. The van der Waals surface area contributed by atoms with Crippen LogP contribution in [0.3, 0.4) is 0 Å². The number of benzene rings is 1. The molecule has 0 bridgehead atoms. The zero-order valence-corrected chi connectivity index (χ0v) is 19.0. The van der Waals surface area contributed by atoms with Crippen LogP contribution in [0.25, 0.3) is 0 Å². The van der Waals surface area contributed by atoms with Gasteiger partial charge in [0.05, 0.1) is 39.1 Å². The number of carboxylic acid groups (broad SMARTS) is 2. The van der Waals surface area contributed by atoms with Crippen molar-refractivity contribution in [3.05, 3.63) is 35.4 Å². The molecule has 2 heterocycles. The number of hydrogen-bond acceptors (Lipinski definition) is 6. The van der Waals surface area contributed by atoms with Crippen LogP contribution in [0.15, 0.2) is 24.3 Å². The molecular weight excluding hydrogens is 384 g/mol. The number of carboxylic acids is 2. The van der Waals surface area contributed by atoms with Crippen molar-refractivity contribution in [2.45, 2.75) is 27.7 Å². The first kappa shape index (κ1) is 25.1. The first-order valence-electron chi connectivity index (χ1n) is 10.2. The minimum atomic E-state index is -1.52.